The Morgan fingerprint density at radius 3 is 2.42 bits per heavy atom. The van der Waals surface area contributed by atoms with E-state index in [1.807, 2.05) is 0 Å². The van der Waals surface area contributed by atoms with Crippen LogP contribution in [0.5, 0.6) is 11.5 Å². The van der Waals surface area contributed by atoms with Gasteiger partial charge in [0, 0.05) is 25.2 Å². The molecular weight excluding hydrogens is 430 g/mol. The van der Waals surface area contributed by atoms with Crippen molar-refractivity contribution in [2.75, 3.05) is 26.7 Å². The zero-order valence-corrected chi connectivity index (χ0v) is 18.4. The molecule has 0 spiro atoms. The van der Waals surface area contributed by atoms with Gasteiger partial charge in [0.25, 0.3) is 5.91 Å². The second-order valence-corrected chi connectivity index (χ2v) is 8.42. The summed E-state index contributed by atoms with van der Waals surface area (Å²) in [6.45, 7) is 1.46. The molecule has 1 N–H and O–H groups in total. The van der Waals surface area contributed by atoms with Crippen LogP contribution >= 0.6 is 0 Å². The normalized spacial score (nSPS) is 11.6. The third kappa shape index (κ3) is 6.38. The Kier molecular flexibility index (Phi) is 8.76. The lowest BCUT2D eigenvalue weighted by atomic mass is 10.1. The van der Waals surface area contributed by atoms with Gasteiger partial charge in [-0.05, 0) is 42.3 Å². The van der Waals surface area contributed by atoms with Gasteiger partial charge in [-0.15, -0.1) is 0 Å². The van der Waals surface area contributed by atoms with Crippen molar-refractivity contribution in [3.8, 4) is 11.5 Å². The Bertz CT molecular complexity index is 995. The molecule has 2 aromatic carbocycles. The number of carbonyl (C=O) groups is 1. The molecule has 0 atom stereocenters. The Hall–Kier alpha value is -2.72. The molecule has 0 radical (unpaired) electrons. The number of rotatable bonds is 11. The topological polar surface area (TPSA) is 84.9 Å². The Morgan fingerprint density at radius 1 is 1.10 bits per heavy atom. The molecule has 31 heavy (non-hydrogen) atoms. The van der Waals surface area contributed by atoms with Gasteiger partial charge in [-0.1, -0.05) is 26.0 Å². The molecule has 0 saturated heterocycles. The number of halogens is 2. The molecule has 1 amide bonds. The molecule has 0 fully saturated rings. The Morgan fingerprint density at radius 2 is 1.81 bits per heavy atom. The van der Waals surface area contributed by atoms with E-state index in [1.165, 1.54) is 41.7 Å². The van der Waals surface area contributed by atoms with Crippen LogP contribution in [-0.4, -0.2) is 52.0 Å². The summed E-state index contributed by atoms with van der Waals surface area (Å²) in [7, 11) is -2.32. The molecule has 10 heteroatoms. The number of nitrogens with one attached hydrogen (secondary N) is 1. The van der Waals surface area contributed by atoms with Gasteiger partial charge in [-0.25, -0.2) is 8.42 Å². The average Bonchev–Trinajstić information content (AvgIpc) is 2.75. The highest BCUT2D eigenvalue weighted by molar-refractivity contribution is 7.89. The summed E-state index contributed by atoms with van der Waals surface area (Å²) in [6.07, 6.45) is 0.411. The van der Waals surface area contributed by atoms with E-state index in [0.29, 0.717) is 19.5 Å². The van der Waals surface area contributed by atoms with Gasteiger partial charge in [-0.2, -0.15) is 13.1 Å². The molecule has 0 aliphatic rings. The predicted octanol–water partition coefficient (Wildman–Crippen LogP) is 3.30. The Balaban J connectivity index is 2.04. The van der Waals surface area contributed by atoms with Crippen LogP contribution in [0.1, 0.15) is 29.8 Å². The number of sulfonamides is 1. The van der Waals surface area contributed by atoms with Crippen LogP contribution < -0.4 is 14.8 Å². The minimum Gasteiger partial charge on any atom is -0.493 e. The first-order chi connectivity index (χ1) is 14.7. The molecular formula is C21H26F2N2O5S. The van der Waals surface area contributed by atoms with Crippen molar-refractivity contribution >= 4 is 15.9 Å². The summed E-state index contributed by atoms with van der Waals surface area (Å²) in [5.41, 5.74) is 0.975. The standard InChI is InChI=1S/C21H26F2N2O5S/c1-4-25(5-2)31(27,28)17-8-6-7-16(14-17)20(26)24-12-11-15-9-10-18(30-21(22)23)19(13-15)29-3/h6-10,13-14,21H,4-5,11-12H2,1-3H3,(H,24,26). The lowest BCUT2D eigenvalue weighted by Gasteiger charge is -2.18. The van der Waals surface area contributed by atoms with Crippen molar-refractivity contribution in [2.24, 2.45) is 0 Å². The molecule has 170 valence electrons. The number of carbonyl (C=O) groups excluding carboxylic acids is 1. The number of hydrogen-bond donors (Lipinski definition) is 1. The molecule has 0 bridgehead atoms. The SMILES string of the molecule is CCN(CC)S(=O)(=O)c1cccc(C(=O)NCCc2ccc(OC(F)F)c(OC)c2)c1. The summed E-state index contributed by atoms with van der Waals surface area (Å²) in [6, 6.07) is 10.4. The van der Waals surface area contributed by atoms with Crippen molar-refractivity contribution in [1.82, 2.24) is 9.62 Å². The molecule has 0 aromatic heterocycles. The molecule has 0 aliphatic heterocycles. The smallest absolute Gasteiger partial charge is 0.387 e. The van der Waals surface area contributed by atoms with Gasteiger partial charge < -0.3 is 14.8 Å². The third-order valence-electron chi connectivity index (χ3n) is 4.58. The fourth-order valence-electron chi connectivity index (χ4n) is 2.99. The first-order valence-corrected chi connectivity index (χ1v) is 11.2. The summed E-state index contributed by atoms with van der Waals surface area (Å²) >= 11 is 0. The number of nitrogens with zero attached hydrogens (tertiary/aromatic N) is 1. The summed E-state index contributed by atoms with van der Waals surface area (Å²) in [5, 5.41) is 2.73. The van der Waals surface area contributed by atoms with Crippen LogP contribution in [0, 0.1) is 0 Å². The van der Waals surface area contributed by atoms with Gasteiger partial charge in [0.05, 0.1) is 12.0 Å². The molecule has 0 unspecified atom stereocenters. The third-order valence-corrected chi connectivity index (χ3v) is 6.63. The average molecular weight is 457 g/mol. The maximum atomic E-state index is 12.6. The van der Waals surface area contributed by atoms with Crippen LogP contribution in [0.2, 0.25) is 0 Å². The second kappa shape index (κ2) is 11.1. The van der Waals surface area contributed by atoms with Gasteiger partial charge in [0.2, 0.25) is 10.0 Å². The number of hydrogen-bond acceptors (Lipinski definition) is 5. The monoisotopic (exact) mass is 456 g/mol. The van der Waals surface area contributed by atoms with Gasteiger partial charge >= 0.3 is 6.61 Å². The minimum absolute atomic E-state index is 0.0585. The van der Waals surface area contributed by atoms with Gasteiger partial charge in [0.1, 0.15) is 0 Å². The first-order valence-electron chi connectivity index (χ1n) is 9.73. The van der Waals surface area contributed by atoms with E-state index in [-0.39, 0.29) is 28.5 Å². The van der Waals surface area contributed by atoms with E-state index < -0.39 is 22.5 Å². The number of ether oxygens (including phenoxy) is 2. The number of amides is 1. The molecule has 7 nitrogen and oxygen atoms in total. The van der Waals surface area contributed by atoms with E-state index in [2.05, 4.69) is 10.1 Å². The predicted molar refractivity (Wildman–Crippen MR) is 112 cm³/mol. The van der Waals surface area contributed by atoms with E-state index in [9.17, 15) is 22.0 Å². The van der Waals surface area contributed by atoms with Crippen LogP contribution in [0.25, 0.3) is 0 Å². The molecule has 0 saturated carbocycles. The van der Waals surface area contributed by atoms with Crippen molar-refractivity contribution in [3.63, 3.8) is 0 Å². The van der Waals surface area contributed by atoms with Crippen LogP contribution in [0.4, 0.5) is 8.78 Å². The maximum absolute atomic E-state index is 12.6. The van der Waals surface area contributed by atoms with Gasteiger partial charge in [0.15, 0.2) is 11.5 Å². The lowest BCUT2D eigenvalue weighted by Crippen LogP contribution is -2.31. The summed E-state index contributed by atoms with van der Waals surface area (Å²) in [4.78, 5) is 12.5. The zero-order chi connectivity index (χ0) is 23.0. The fraction of sp³-hybridized carbons (Fsp3) is 0.381. The number of alkyl halides is 2. The van der Waals surface area contributed by atoms with E-state index >= 15 is 0 Å². The fourth-order valence-corrected chi connectivity index (χ4v) is 4.50. The molecule has 2 aromatic rings. The van der Waals surface area contributed by atoms with Crippen LogP contribution in [0.3, 0.4) is 0 Å². The Labute approximate surface area is 181 Å². The summed E-state index contributed by atoms with van der Waals surface area (Å²) in [5.74, 6) is -0.323. The molecule has 0 aliphatic carbocycles. The quantitative estimate of drug-likeness (QED) is 0.561. The number of benzene rings is 2. The second-order valence-electron chi connectivity index (χ2n) is 6.49. The highest BCUT2D eigenvalue weighted by atomic mass is 32.2. The van der Waals surface area contributed by atoms with Crippen molar-refractivity contribution in [3.05, 3.63) is 53.6 Å². The van der Waals surface area contributed by atoms with Crippen LogP contribution in [-0.2, 0) is 16.4 Å². The highest BCUT2D eigenvalue weighted by Gasteiger charge is 2.22. The largest absolute Gasteiger partial charge is 0.493 e. The molecule has 0 heterocycles. The van der Waals surface area contributed by atoms with E-state index in [0.717, 1.165) is 5.56 Å². The van der Waals surface area contributed by atoms with Crippen molar-refractivity contribution in [1.29, 1.82) is 0 Å². The van der Waals surface area contributed by atoms with Crippen molar-refractivity contribution in [2.45, 2.75) is 31.8 Å². The van der Waals surface area contributed by atoms with Crippen molar-refractivity contribution < 1.29 is 31.5 Å². The first kappa shape index (κ1) is 24.5. The minimum atomic E-state index is -3.67. The lowest BCUT2D eigenvalue weighted by molar-refractivity contribution is -0.0512. The van der Waals surface area contributed by atoms with E-state index in [4.69, 9.17) is 4.74 Å². The number of methoxy groups -OCH3 is 1. The summed E-state index contributed by atoms with van der Waals surface area (Å²) < 4.78 is 60.9. The van der Waals surface area contributed by atoms with Gasteiger partial charge in [-0.3, -0.25) is 4.79 Å². The molecule has 2 rings (SSSR count). The maximum Gasteiger partial charge on any atom is 0.387 e. The van der Waals surface area contributed by atoms with E-state index in [1.54, 1.807) is 26.0 Å². The zero-order valence-electron chi connectivity index (χ0n) is 17.6. The van der Waals surface area contributed by atoms with Crippen LogP contribution in [0.15, 0.2) is 47.4 Å². The highest BCUT2D eigenvalue weighted by Crippen LogP contribution is 2.29.